The molecule has 4 heavy (non-hydrogen) atoms. The van der Waals surface area contributed by atoms with E-state index in [0.717, 1.165) is 0 Å². The van der Waals surface area contributed by atoms with Crippen LogP contribution in [-0.2, 0) is 33.9 Å². The fourth-order valence-electron chi connectivity index (χ4n) is 0. The molecule has 0 bridgehead atoms. The molecule has 0 aromatic rings. The molecule has 0 saturated heterocycles. The summed E-state index contributed by atoms with van der Waals surface area (Å²) < 4.78 is 0. The van der Waals surface area contributed by atoms with E-state index in [0.29, 0.717) is 0 Å². The molecule has 0 aromatic carbocycles. The van der Waals surface area contributed by atoms with Crippen LogP contribution in [0.4, 0.5) is 0 Å². The zero-order valence-electron chi connectivity index (χ0n) is 1.72. The maximum Gasteiger partial charge on any atom is 0 e. The van der Waals surface area contributed by atoms with E-state index < -0.39 is 0 Å². The van der Waals surface area contributed by atoms with Gasteiger partial charge < -0.3 is 5.48 Å². The minimum absolute atomic E-state index is 0. The molecule has 2 N–H and O–H groups in total. The van der Waals surface area contributed by atoms with Gasteiger partial charge in [-0.05, 0) is 0 Å². The van der Waals surface area contributed by atoms with Gasteiger partial charge in [0.15, 0.2) is 0 Å². The molecule has 4 radical (unpaired) electrons. The van der Waals surface area contributed by atoms with Crippen LogP contribution in [0.3, 0.4) is 0 Å². The van der Waals surface area contributed by atoms with Crippen molar-refractivity contribution in [2.75, 3.05) is 0 Å². The SMILES string of the molecule is O.[Cr].[Ni].[Si]. The van der Waals surface area contributed by atoms with E-state index in [4.69, 9.17) is 0 Å². The second-order valence-electron chi connectivity index (χ2n) is 0. The van der Waals surface area contributed by atoms with Crippen LogP contribution in [-0.4, -0.2) is 16.4 Å². The standard InChI is InChI=1S/Cr.Ni.H2O.Si/h;;1H2;. The van der Waals surface area contributed by atoms with Crippen molar-refractivity contribution in [3.63, 3.8) is 0 Å². The molecule has 0 aliphatic carbocycles. The van der Waals surface area contributed by atoms with Gasteiger partial charge in [0.2, 0.25) is 0 Å². The summed E-state index contributed by atoms with van der Waals surface area (Å²) in [5, 5.41) is 0. The average molecular weight is 157 g/mol. The van der Waals surface area contributed by atoms with Gasteiger partial charge in [-0.1, -0.05) is 0 Å². The van der Waals surface area contributed by atoms with Gasteiger partial charge in [-0.2, -0.15) is 0 Å². The van der Waals surface area contributed by atoms with Crippen molar-refractivity contribution in [2.24, 2.45) is 0 Å². The maximum atomic E-state index is 0. The molecule has 0 aliphatic rings. The van der Waals surface area contributed by atoms with Gasteiger partial charge in [0.05, 0.1) is 0 Å². The third-order valence-corrected chi connectivity index (χ3v) is 0. The minimum Gasteiger partial charge on any atom is -0.412 e. The van der Waals surface area contributed by atoms with Crippen LogP contribution in [0.15, 0.2) is 0 Å². The summed E-state index contributed by atoms with van der Waals surface area (Å²) in [5.74, 6) is 0. The van der Waals surface area contributed by atoms with Crippen molar-refractivity contribution < 1.29 is 39.3 Å². The predicted molar refractivity (Wildman–Crippen MR) is 9.37 cm³/mol. The fourth-order valence-corrected chi connectivity index (χ4v) is 0. The second-order valence-corrected chi connectivity index (χ2v) is 0. The Bertz CT molecular complexity index is 8.00. The molecule has 0 unspecified atom stereocenters. The summed E-state index contributed by atoms with van der Waals surface area (Å²) in [6.45, 7) is 0. The molecule has 0 amide bonds. The van der Waals surface area contributed by atoms with Gasteiger partial charge in [0.25, 0.3) is 0 Å². The molecule has 0 saturated carbocycles. The van der Waals surface area contributed by atoms with Crippen LogP contribution in [0.2, 0.25) is 0 Å². The smallest absolute Gasteiger partial charge is 0 e. The molecule has 0 fully saturated rings. The van der Waals surface area contributed by atoms with E-state index in [2.05, 4.69) is 0 Å². The van der Waals surface area contributed by atoms with Gasteiger partial charge in [0.1, 0.15) is 0 Å². The summed E-state index contributed by atoms with van der Waals surface area (Å²) in [7, 11) is 0. The predicted octanol–water partition coefficient (Wildman–Crippen LogP) is -1.21. The van der Waals surface area contributed by atoms with E-state index in [-0.39, 0.29) is 50.3 Å². The monoisotopic (exact) mass is 156 g/mol. The Morgan fingerprint density at radius 2 is 1.00 bits per heavy atom. The van der Waals surface area contributed by atoms with E-state index in [1.165, 1.54) is 0 Å². The van der Waals surface area contributed by atoms with Crippen LogP contribution in [0.5, 0.6) is 0 Å². The van der Waals surface area contributed by atoms with E-state index >= 15 is 0 Å². The first-order valence-corrected chi connectivity index (χ1v) is 0. The first kappa shape index (κ1) is 63.5. The molecular weight excluding hydrogens is 155 g/mol. The zero-order chi connectivity index (χ0) is 0. The second kappa shape index (κ2) is 29.8. The number of hydrogen-bond donors (Lipinski definition) is 0. The molecule has 0 aliphatic heterocycles. The molecule has 0 rings (SSSR count). The van der Waals surface area contributed by atoms with Crippen LogP contribution in [0.25, 0.3) is 0 Å². The zero-order valence-corrected chi connectivity index (χ0v) is 4.99. The van der Waals surface area contributed by atoms with Crippen LogP contribution in [0, 0.1) is 0 Å². The Kier molecular flexibility index (Phi) is 473. The first-order chi connectivity index (χ1) is 0. The molecule has 0 aromatic heterocycles. The summed E-state index contributed by atoms with van der Waals surface area (Å²) in [5.41, 5.74) is 0. The van der Waals surface area contributed by atoms with Crippen molar-refractivity contribution in [1.82, 2.24) is 0 Å². The van der Waals surface area contributed by atoms with Gasteiger partial charge in [-0.15, -0.1) is 0 Å². The Labute approximate surface area is 50.5 Å². The van der Waals surface area contributed by atoms with Crippen LogP contribution >= 0.6 is 0 Å². The topological polar surface area (TPSA) is 31.5 Å². The molecule has 0 heterocycles. The van der Waals surface area contributed by atoms with Crippen molar-refractivity contribution in [2.45, 2.75) is 0 Å². The van der Waals surface area contributed by atoms with Crippen molar-refractivity contribution in [1.29, 1.82) is 0 Å². The average Bonchev–Trinajstić information content (AvgIpc) is 0. The Morgan fingerprint density at radius 1 is 1.00 bits per heavy atom. The van der Waals surface area contributed by atoms with Crippen molar-refractivity contribution in [3.05, 3.63) is 0 Å². The Morgan fingerprint density at radius 3 is 1.00 bits per heavy atom. The van der Waals surface area contributed by atoms with Crippen molar-refractivity contribution >= 4 is 11.0 Å². The van der Waals surface area contributed by atoms with Gasteiger partial charge in [-0.25, -0.2) is 0 Å². The summed E-state index contributed by atoms with van der Waals surface area (Å²) >= 11 is 0. The summed E-state index contributed by atoms with van der Waals surface area (Å²) in [6, 6.07) is 0. The molecule has 4 heteroatoms. The molecule has 0 spiro atoms. The molecule has 28 valence electrons. The first-order valence-electron chi connectivity index (χ1n) is 0. The summed E-state index contributed by atoms with van der Waals surface area (Å²) in [6.07, 6.45) is 0. The van der Waals surface area contributed by atoms with E-state index in [9.17, 15) is 0 Å². The van der Waals surface area contributed by atoms with E-state index in [1.54, 1.807) is 0 Å². The molecular formula is H2CrNiOSi. The maximum absolute atomic E-state index is 0. The molecule has 1 nitrogen and oxygen atoms in total. The quantitative estimate of drug-likeness (QED) is 0.395. The fraction of sp³-hybridized carbons (Fsp3) is 0. The largest absolute Gasteiger partial charge is 0.412 e. The third kappa shape index (κ3) is 10.7. The van der Waals surface area contributed by atoms with Crippen LogP contribution in [0.1, 0.15) is 0 Å². The van der Waals surface area contributed by atoms with Gasteiger partial charge in [-0.3, -0.25) is 0 Å². The Hall–Kier alpha value is 1.20. The van der Waals surface area contributed by atoms with Crippen LogP contribution < -0.4 is 0 Å². The molecule has 0 atom stereocenters. The van der Waals surface area contributed by atoms with Gasteiger partial charge in [0, 0.05) is 44.8 Å². The Balaban J connectivity index is 0. The summed E-state index contributed by atoms with van der Waals surface area (Å²) in [4.78, 5) is 0. The van der Waals surface area contributed by atoms with Crippen molar-refractivity contribution in [3.8, 4) is 0 Å². The number of hydrogen-bond acceptors (Lipinski definition) is 0. The normalized spacial score (nSPS) is 0. The minimum atomic E-state index is 0. The third-order valence-electron chi connectivity index (χ3n) is 0. The van der Waals surface area contributed by atoms with E-state index in [1.807, 2.05) is 0 Å². The number of rotatable bonds is 0. The van der Waals surface area contributed by atoms with Gasteiger partial charge >= 0.3 is 0 Å².